The second-order valence-corrected chi connectivity index (χ2v) is 7.36. The quantitative estimate of drug-likeness (QED) is 0.310. The number of nitrogens with zero attached hydrogens (tertiary/aromatic N) is 3. The molecule has 0 unspecified atom stereocenters. The van der Waals surface area contributed by atoms with Crippen molar-refractivity contribution in [3.05, 3.63) is 61.6 Å². The highest BCUT2D eigenvalue weighted by Crippen LogP contribution is 2.36. The standard InChI is InChI=1S/C20H17BrClN3O4/c1-4-28-18-8-13(7-16(22)19(18)29-12(3)26)10-23-25-11(2)24-17-6-5-14(21)9-15(17)20(25)27/h5-10H,4H2,1-3H3. The van der Waals surface area contributed by atoms with Gasteiger partial charge in [-0.2, -0.15) is 9.78 Å². The predicted molar refractivity (Wildman–Crippen MR) is 115 cm³/mol. The minimum atomic E-state index is -0.509. The van der Waals surface area contributed by atoms with Gasteiger partial charge < -0.3 is 9.47 Å². The van der Waals surface area contributed by atoms with E-state index in [9.17, 15) is 9.59 Å². The molecule has 150 valence electrons. The van der Waals surface area contributed by atoms with Gasteiger partial charge in [-0.15, -0.1) is 0 Å². The highest BCUT2D eigenvalue weighted by molar-refractivity contribution is 9.10. The molecule has 0 fully saturated rings. The number of carbonyl (C=O) groups is 1. The van der Waals surface area contributed by atoms with E-state index in [0.29, 0.717) is 34.6 Å². The lowest BCUT2D eigenvalue weighted by atomic mass is 10.2. The third kappa shape index (κ3) is 4.65. The summed E-state index contributed by atoms with van der Waals surface area (Å²) >= 11 is 9.61. The zero-order chi connectivity index (χ0) is 21.1. The van der Waals surface area contributed by atoms with Crippen molar-refractivity contribution in [2.45, 2.75) is 20.8 Å². The van der Waals surface area contributed by atoms with Gasteiger partial charge in [0, 0.05) is 11.4 Å². The molecule has 0 aliphatic heterocycles. The average Bonchev–Trinajstić information content (AvgIpc) is 2.65. The Bertz CT molecular complexity index is 1190. The number of hydrogen-bond donors (Lipinski definition) is 0. The zero-order valence-electron chi connectivity index (χ0n) is 15.9. The van der Waals surface area contributed by atoms with Crippen LogP contribution >= 0.6 is 27.5 Å². The summed E-state index contributed by atoms with van der Waals surface area (Å²) in [5.74, 6) is 0.378. The number of ether oxygens (including phenoxy) is 2. The van der Waals surface area contributed by atoms with E-state index in [4.69, 9.17) is 21.1 Å². The van der Waals surface area contributed by atoms with Crippen LogP contribution in [0.2, 0.25) is 5.02 Å². The summed E-state index contributed by atoms with van der Waals surface area (Å²) in [6, 6.07) is 8.49. The molecule has 0 spiro atoms. The van der Waals surface area contributed by atoms with Crippen LogP contribution in [0.5, 0.6) is 11.5 Å². The molecule has 0 atom stereocenters. The Kier molecular flexibility index (Phi) is 6.34. The van der Waals surface area contributed by atoms with Crippen molar-refractivity contribution in [1.29, 1.82) is 0 Å². The average molecular weight is 479 g/mol. The van der Waals surface area contributed by atoms with E-state index < -0.39 is 5.97 Å². The molecule has 0 bridgehead atoms. The second-order valence-electron chi connectivity index (χ2n) is 6.04. The van der Waals surface area contributed by atoms with Crippen molar-refractivity contribution in [3.63, 3.8) is 0 Å². The fourth-order valence-corrected chi connectivity index (χ4v) is 3.31. The molecule has 0 amide bonds. The van der Waals surface area contributed by atoms with Crippen molar-refractivity contribution >= 4 is 50.6 Å². The molecular formula is C20H17BrClN3O4. The molecule has 1 heterocycles. The van der Waals surface area contributed by atoms with E-state index in [1.165, 1.54) is 17.8 Å². The molecule has 7 nitrogen and oxygen atoms in total. The Balaban J connectivity index is 2.06. The second kappa shape index (κ2) is 8.75. The third-order valence-corrected chi connectivity index (χ3v) is 4.64. The van der Waals surface area contributed by atoms with Crippen LogP contribution in [0.25, 0.3) is 10.9 Å². The largest absolute Gasteiger partial charge is 0.490 e. The Labute approximate surface area is 180 Å². The lowest BCUT2D eigenvalue weighted by molar-refractivity contribution is -0.132. The number of aryl methyl sites for hydroxylation is 1. The summed E-state index contributed by atoms with van der Waals surface area (Å²) in [6.45, 7) is 5.13. The van der Waals surface area contributed by atoms with Crippen molar-refractivity contribution in [3.8, 4) is 11.5 Å². The molecule has 3 aromatic rings. The van der Waals surface area contributed by atoms with Gasteiger partial charge in [-0.05, 0) is 49.7 Å². The maximum atomic E-state index is 12.8. The van der Waals surface area contributed by atoms with Crippen molar-refractivity contribution in [1.82, 2.24) is 9.66 Å². The van der Waals surface area contributed by atoms with Gasteiger partial charge in [0.1, 0.15) is 5.82 Å². The van der Waals surface area contributed by atoms with Gasteiger partial charge in [0.25, 0.3) is 5.56 Å². The van der Waals surface area contributed by atoms with Crippen LogP contribution in [0.4, 0.5) is 0 Å². The van der Waals surface area contributed by atoms with E-state index in [1.54, 1.807) is 38.1 Å². The topological polar surface area (TPSA) is 82.8 Å². The Morgan fingerprint density at radius 1 is 1.34 bits per heavy atom. The molecule has 29 heavy (non-hydrogen) atoms. The highest BCUT2D eigenvalue weighted by Gasteiger charge is 2.14. The Morgan fingerprint density at radius 2 is 2.10 bits per heavy atom. The number of hydrogen-bond acceptors (Lipinski definition) is 6. The van der Waals surface area contributed by atoms with Gasteiger partial charge in [0.05, 0.1) is 28.7 Å². The first kappa shape index (κ1) is 21.0. The van der Waals surface area contributed by atoms with E-state index in [-0.39, 0.29) is 16.3 Å². The van der Waals surface area contributed by atoms with Crippen LogP contribution in [-0.4, -0.2) is 28.5 Å². The van der Waals surface area contributed by atoms with Crippen LogP contribution in [0, 0.1) is 6.92 Å². The molecule has 9 heteroatoms. The van der Waals surface area contributed by atoms with Crippen LogP contribution in [0.3, 0.4) is 0 Å². The summed E-state index contributed by atoms with van der Waals surface area (Å²) in [5, 5.41) is 4.90. The number of carbonyl (C=O) groups excluding carboxylic acids is 1. The number of esters is 1. The monoisotopic (exact) mass is 477 g/mol. The smallest absolute Gasteiger partial charge is 0.308 e. The maximum absolute atomic E-state index is 12.8. The van der Waals surface area contributed by atoms with E-state index in [2.05, 4.69) is 26.0 Å². The van der Waals surface area contributed by atoms with Gasteiger partial charge in [0.15, 0.2) is 11.5 Å². The number of rotatable bonds is 5. The molecule has 0 radical (unpaired) electrons. The first-order valence-electron chi connectivity index (χ1n) is 8.68. The molecule has 2 aromatic carbocycles. The predicted octanol–water partition coefficient (Wildman–Crippen LogP) is 4.33. The summed E-state index contributed by atoms with van der Waals surface area (Å²) in [6.07, 6.45) is 1.46. The van der Waals surface area contributed by atoms with Gasteiger partial charge in [-0.3, -0.25) is 9.59 Å². The highest BCUT2D eigenvalue weighted by atomic mass is 79.9. The summed E-state index contributed by atoms with van der Waals surface area (Å²) in [4.78, 5) is 28.5. The molecule has 3 rings (SSSR count). The summed E-state index contributed by atoms with van der Waals surface area (Å²) < 4.78 is 12.6. The minimum absolute atomic E-state index is 0.142. The zero-order valence-corrected chi connectivity index (χ0v) is 18.2. The van der Waals surface area contributed by atoms with E-state index >= 15 is 0 Å². The maximum Gasteiger partial charge on any atom is 0.308 e. The first-order valence-corrected chi connectivity index (χ1v) is 9.85. The normalized spacial score (nSPS) is 11.2. The van der Waals surface area contributed by atoms with Crippen LogP contribution < -0.4 is 15.0 Å². The lowest BCUT2D eigenvalue weighted by Gasteiger charge is -2.12. The first-order chi connectivity index (χ1) is 13.8. The minimum Gasteiger partial charge on any atom is -0.490 e. The fraction of sp³-hybridized carbons (Fsp3) is 0.200. The van der Waals surface area contributed by atoms with Crippen molar-refractivity contribution in [2.75, 3.05) is 6.61 Å². The number of halogens is 2. The van der Waals surface area contributed by atoms with E-state index in [0.717, 1.165) is 4.47 Å². The molecule has 0 N–H and O–H groups in total. The Morgan fingerprint density at radius 3 is 2.79 bits per heavy atom. The molecule has 0 saturated heterocycles. The molecule has 0 aliphatic carbocycles. The molecule has 1 aromatic heterocycles. The van der Waals surface area contributed by atoms with Gasteiger partial charge in [-0.1, -0.05) is 27.5 Å². The van der Waals surface area contributed by atoms with Gasteiger partial charge in [0.2, 0.25) is 0 Å². The third-order valence-electron chi connectivity index (χ3n) is 3.87. The van der Waals surface area contributed by atoms with Crippen molar-refractivity contribution in [2.24, 2.45) is 5.10 Å². The number of benzene rings is 2. The summed E-state index contributed by atoms with van der Waals surface area (Å²) in [5.41, 5.74) is 0.863. The molecular weight excluding hydrogens is 462 g/mol. The van der Waals surface area contributed by atoms with E-state index in [1.807, 2.05) is 6.07 Å². The number of fused-ring (bicyclic) bond motifs is 1. The molecule has 0 saturated carbocycles. The SMILES string of the molecule is CCOc1cc(C=Nn2c(C)nc3ccc(Br)cc3c2=O)cc(Cl)c1OC(C)=O. The Hall–Kier alpha value is -2.71. The van der Waals surface area contributed by atoms with Crippen LogP contribution in [0.15, 0.2) is 44.7 Å². The number of aromatic nitrogens is 2. The summed E-state index contributed by atoms with van der Waals surface area (Å²) in [7, 11) is 0. The fourth-order valence-electron chi connectivity index (χ4n) is 2.69. The van der Waals surface area contributed by atoms with Crippen LogP contribution in [0.1, 0.15) is 25.2 Å². The van der Waals surface area contributed by atoms with Gasteiger partial charge >= 0.3 is 5.97 Å². The lowest BCUT2D eigenvalue weighted by Crippen LogP contribution is -2.20. The molecule has 0 aliphatic rings. The van der Waals surface area contributed by atoms with Crippen molar-refractivity contribution < 1.29 is 14.3 Å². The van der Waals surface area contributed by atoms with Crippen LogP contribution in [-0.2, 0) is 4.79 Å². The van der Waals surface area contributed by atoms with Gasteiger partial charge in [-0.25, -0.2) is 4.98 Å².